The monoisotopic (exact) mass is 250 g/mol. The fourth-order valence-corrected chi connectivity index (χ4v) is 1.41. The molecular formula is C14H18O4. The third-order valence-corrected chi connectivity index (χ3v) is 2.72. The maximum Gasteiger partial charge on any atom is 0.338 e. The number of ether oxygens (including phenoxy) is 2. The molecule has 1 aromatic carbocycles. The van der Waals surface area contributed by atoms with Gasteiger partial charge >= 0.3 is 5.97 Å². The number of hydrogen-bond acceptors (Lipinski definition) is 4. The van der Waals surface area contributed by atoms with Gasteiger partial charge in [0.15, 0.2) is 5.78 Å². The number of ketones is 1. The molecule has 0 aliphatic carbocycles. The van der Waals surface area contributed by atoms with Gasteiger partial charge in [-0.2, -0.15) is 0 Å². The van der Waals surface area contributed by atoms with Gasteiger partial charge in [-0.1, -0.05) is 12.1 Å². The Morgan fingerprint density at radius 1 is 1.11 bits per heavy atom. The van der Waals surface area contributed by atoms with E-state index in [9.17, 15) is 9.59 Å². The Morgan fingerprint density at radius 2 is 1.61 bits per heavy atom. The van der Waals surface area contributed by atoms with Crippen LogP contribution in [0.3, 0.4) is 0 Å². The van der Waals surface area contributed by atoms with E-state index >= 15 is 0 Å². The molecule has 0 spiro atoms. The molecule has 0 amide bonds. The van der Waals surface area contributed by atoms with Gasteiger partial charge < -0.3 is 9.47 Å². The van der Waals surface area contributed by atoms with Crippen LogP contribution in [0.25, 0.3) is 0 Å². The second-order valence-electron chi connectivity index (χ2n) is 4.34. The van der Waals surface area contributed by atoms with Crippen LogP contribution in [-0.4, -0.2) is 31.1 Å². The first-order chi connectivity index (χ1) is 8.42. The van der Waals surface area contributed by atoms with Gasteiger partial charge in [0.25, 0.3) is 0 Å². The van der Waals surface area contributed by atoms with Crippen molar-refractivity contribution in [1.29, 1.82) is 0 Å². The predicted molar refractivity (Wildman–Crippen MR) is 67.8 cm³/mol. The van der Waals surface area contributed by atoms with Crippen LogP contribution in [0.2, 0.25) is 0 Å². The third kappa shape index (κ3) is 3.17. The smallest absolute Gasteiger partial charge is 0.338 e. The number of esters is 1. The number of carbonyl (C=O) groups excluding carboxylic acids is 2. The van der Waals surface area contributed by atoms with Crippen molar-refractivity contribution in [3.8, 4) is 0 Å². The Kier molecular flexibility index (Phi) is 4.62. The minimum absolute atomic E-state index is 0.125. The van der Waals surface area contributed by atoms with Crippen LogP contribution in [0.1, 0.15) is 41.5 Å². The number of methoxy groups -OCH3 is 1. The molecule has 0 saturated heterocycles. The second kappa shape index (κ2) is 5.78. The lowest BCUT2D eigenvalue weighted by atomic mass is 9.96. The fraction of sp³-hybridized carbons (Fsp3) is 0.429. The Labute approximate surface area is 107 Å². The van der Waals surface area contributed by atoms with Crippen LogP contribution in [-0.2, 0) is 9.47 Å². The largest absolute Gasteiger partial charge is 0.462 e. The average Bonchev–Trinajstić information content (AvgIpc) is 2.38. The molecule has 0 fully saturated rings. The number of hydrogen-bond donors (Lipinski definition) is 0. The summed E-state index contributed by atoms with van der Waals surface area (Å²) in [5, 5.41) is 0. The summed E-state index contributed by atoms with van der Waals surface area (Å²) in [6.07, 6.45) is 0. The molecule has 4 nitrogen and oxygen atoms in total. The van der Waals surface area contributed by atoms with E-state index in [2.05, 4.69) is 0 Å². The Balaban J connectivity index is 2.90. The van der Waals surface area contributed by atoms with Gasteiger partial charge in [-0.3, -0.25) is 4.79 Å². The molecule has 4 heteroatoms. The van der Waals surface area contributed by atoms with Crippen LogP contribution >= 0.6 is 0 Å². The Bertz CT molecular complexity index is 432. The maximum atomic E-state index is 12.1. The van der Waals surface area contributed by atoms with Gasteiger partial charge in [0, 0.05) is 12.7 Å². The molecule has 0 radical (unpaired) electrons. The molecule has 0 atom stereocenters. The highest BCUT2D eigenvalue weighted by Crippen LogP contribution is 2.17. The molecule has 0 bridgehead atoms. The van der Waals surface area contributed by atoms with E-state index in [4.69, 9.17) is 9.47 Å². The first kappa shape index (κ1) is 14.4. The number of benzene rings is 1. The molecule has 98 valence electrons. The van der Waals surface area contributed by atoms with Crippen molar-refractivity contribution in [2.75, 3.05) is 13.7 Å². The van der Waals surface area contributed by atoms with Gasteiger partial charge in [0.05, 0.1) is 12.2 Å². The lowest BCUT2D eigenvalue weighted by molar-refractivity contribution is 0.0228. The van der Waals surface area contributed by atoms with Crippen molar-refractivity contribution in [1.82, 2.24) is 0 Å². The first-order valence-corrected chi connectivity index (χ1v) is 5.79. The van der Waals surface area contributed by atoms with Gasteiger partial charge in [-0.15, -0.1) is 0 Å². The minimum atomic E-state index is -0.870. The van der Waals surface area contributed by atoms with E-state index in [0.29, 0.717) is 17.7 Å². The predicted octanol–water partition coefficient (Wildman–Crippen LogP) is 2.47. The van der Waals surface area contributed by atoms with Crippen molar-refractivity contribution in [2.45, 2.75) is 26.4 Å². The van der Waals surface area contributed by atoms with Crippen LogP contribution in [0, 0.1) is 0 Å². The van der Waals surface area contributed by atoms with E-state index in [1.807, 2.05) is 0 Å². The highest BCUT2D eigenvalue weighted by atomic mass is 16.5. The summed E-state index contributed by atoms with van der Waals surface area (Å²) >= 11 is 0. The Morgan fingerprint density at radius 3 is 2.06 bits per heavy atom. The van der Waals surface area contributed by atoms with Crippen molar-refractivity contribution < 1.29 is 19.1 Å². The van der Waals surface area contributed by atoms with Crippen LogP contribution in [0.15, 0.2) is 24.3 Å². The quantitative estimate of drug-likeness (QED) is 0.595. The number of rotatable bonds is 5. The van der Waals surface area contributed by atoms with Gasteiger partial charge in [-0.05, 0) is 32.9 Å². The summed E-state index contributed by atoms with van der Waals surface area (Å²) in [5.74, 6) is -0.511. The average molecular weight is 250 g/mol. The van der Waals surface area contributed by atoms with Crippen LogP contribution < -0.4 is 0 Å². The van der Waals surface area contributed by atoms with E-state index in [-0.39, 0.29) is 11.8 Å². The molecule has 0 N–H and O–H groups in total. The molecule has 1 aromatic rings. The van der Waals surface area contributed by atoms with Crippen molar-refractivity contribution in [3.63, 3.8) is 0 Å². The van der Waals surface area contributed by atoms with E-state index in [1.165, 1.54) is 7.11 Å². The summed E-state index contributed by atoms with van der Waals surface area (Å²) in [6.45, 7) is 5.48. The molecule has 1 rings (SSSR count). The van der Waals surface area contributed by atoms with Gasteiger partial charge in [-0.25, -0.2) is 4.79 Å². The fourth-order valence-electron chi connectivity index (χ4n) is 1.41. The highest BCUT2D eigenvalue weighted by molar-refractivity contribution is 6.02. The van der Waals surface area contributed by atoms with Crippen molar-refractivity contribution >= 4 is 11.8 Å². The maximum absolute atomic E-state index is 12.1. The van der Waals surface area contributed by atoms with Crippen molar-refractivity contribution in [2.24, 2.45) is 0 Å². The van der Waals surface area contributed by atoms with Crippen molar-refractivity contribution in [3.05, 3.63) is 35.4 Å². The van der Waals surface area contributed by atoms with Gasteiger partial charge in [0.2, 0.25) is 0 Å². The summed E-state index contributed by atoms with van der Waals surface area (Å²) in [5.41, 5.74) is 0.0735. The SMILES string of the molecule is CCOC(=O)c1ccc(C(=O)C(C)(C)OC)cc1. The summed E-state index contributed by atoms with van der Waals surface area (Å²) in [4.78, 5) is 23.5. The molecule has 0 saturated carbocycles. The van der Waals surface area contributed by atoms with E-state index < -0.39 is 5.60 Å². The van der Waals surface area contributed by atoms with Crippen LogP contribution in [0.4, 0.5) is 0 Å². The molecular weight excluding hydrogens is 232 g/mol. The molecule has 0 aromatic heterocycles. The zero-order valence-electron chi connectivity index (χ0n) is 11.1. The van der Waals surface area contributed by atoms with Gasteiger partial charge in [0.1, 0.15) is 5.60 Å². The lowest BCUT2D eigenvalue weighted by Gasteiger charge is -2.21. The Hall–Kier alpha value is -1.68. The van der Waals surface area contributed by atoms with Crippen LogP contribution in [0.5, 0.6) is 0 Å². The zero-order chi connectivity index (χ0) is 13.8. The lowest BCUT2D eigenvalue weighted by Crippen LogP contribution is -2.33. The molecule has 0 heterocycles. The summed E-state index contributed by atoms with van der Waals surface area (Å²) in [7, 11) is 1.49. The first-order valence-electron chi connectivity index (χ1n) is 5.79. The molecule has 0 aliphatic heterocycles. The zero-order valence-corrected chi connectivity index (χ0v) is 11.1. The topological polar surface area (TPSA) is 52.6 Å². The number of Topliss-reactive ketones (excluding diaryl/α,β-unsaturated/α-hetero) is 1. The normalized spacial score (nSPS) is 11.1. The highest BCUT2D eigenvalue weighted by Gasteiger charge is 2.28. The number of carbonyl (C=O) groups is 2. The molecule has 0 aliphatic rings. The summed E-state index contributed by atoms with van der Waals surface area (Å²) in [6, 6.07) is 6.37. The molecule has 0 unspecified atom stereocenters. The second-order valence-corrected chi connectivity index (χ2v) is 4.34. The molecule has 18 heavy (non-hydrogen) atoms. The summed E-state index contributed by atoms with van der Waals surface area (Å²) < 4.78 is 10.00. The minimum Gasteiger partial charge on any atom is -0.462 e. The standard InChI is InChI=1S/C14H18O4/c1-5-18-13(16)11-8-6-10(7-9-11)12(15)14(2,3)17-4/h6-9H,5H2,1-4H3. The third-order valence-electron chi connectivity index (χ3n) is 2.72. The van der Waals surface area contributed by atoms with E-state index in [0.717, 1.165) is 0 Å². The van der Waals surface area contributed by atoms with E-state index in [1.54, 1.807) is 45.0 Å².